The number of anilines is 1. The number of halogens is 1. The third-order valence-electron chi connectivity index (χ3n) is 3.09. The Kier molecular flexibility index (Phi) is 3.17. The second-order valence-corrected chi connectivity index (χ2v) is 5.10. The number of hydrogen-bond acceptors (Lipinski definition) is 3. The standard InChI is InChI=1S/C14H15ClN4/c1-18-5-2-3-11(9-18)8-17-13-7-12(15)10-19-6-4-16-14(13)19/h2-7,10,17H,8-9H2,1H3. The lowest BCUT2D eigenvalue weighted by Gasteiger charge is -2.20. The normalized spacial score (nSPS) is 14.8. The van der Waals surface area contributed by atoms with E-state index in [0.717, 1.165) is 24.4 Å². The Hall–Kier alpha value is -1.94. The first kappa shape index (κ1) is 12.1. The minimum absolute atomic E-state index is 0.697. The van der Waals surface area contributed by atoms with Crippen molar-refractivity contribution in [1.29, 1.82) is 0 Å². The SMILES string of the molecule is CN1C=CC=C(CNc2cc(Cl)cn3ccnc23)C1. The number of rotatable bonds is 3. The molecule has 3 rings (SSSR count). The number of hydrogen-bond donors (Lipinski definition) is 1. The average Bonchev–Trinajstić information content (AvgIpc) is 2.84. The molecule has 0 unspecified atom stereocenters. The minimum atomic E-state index is 0.697. The van der Waals surface area contributed by atoms with Gasteiger partial charge in [-0.05, 0) is 23.9 Å². The number of nitrogens with zero attached hydrogens (tertiary/aromatic N) is 3. The van der Waals surface area contributed by atoms with Crippen molar-refractivity contribution in [3.63, 3.8) is 0 Å². The van der Waals surface area contributed by atoms with Crippen LogP contribution in [0.1, 0.15) is 0 Å². The summed E-state index contributed by atoms with van der Waals surface area (Å²) >= 11 is 6.10. The van der Waals surface area contributed by atoms with Gasteiger partial charge in [-0.3, -0.25) is 0 Å². The molecule has 4 nitrogen and oxygen atoms in total. The van der Waals surface area contributed by atoms with Crippen LogP contribution in [0.25, 0.3) is 5.65 Å². The minimum Gasteiger partial charge on any atom is -0.378 e. The molecule has 1 aliphatic rings. The number of likely N-dealkylation sites (N-methyl/N-ethyl adjacent to an activating group) is 1. The summed E-state index contributed by atoms with van der Waals surface area (Å²) in [6.45, 7) is 1.73. The van der Waals surface area contributed by atoms with Crippen molar-refractivity contribution in [2.24, 2.45) is 0 Å². The van der Waals surface area contributed by atoms with E-state index in [4.69, 9.17) is 11.6 Å². The molecule has 0 radical (unpaired) electrons. The molecule has 3 heterocycles. The smallest absolute Gasteiger partial charge is 0.160 e. The van der Waals surface area contributed by atoms with E-state index in [9.17, 15) is 0 Å². The molecule has 1 N–H and O–H groups in total. The topological polar surface area (TPSA) is 32.6 Å². The molecule has 2 aromatic heterocycles. The predicted molar refractivity (Wildman–Crippen MR) is 78.5 cm³/mol. The quantitative estimate of drug-likeness (QED) is 0.934. The largest absolute Gasteiger partial charge is 0.378 e. The van der Waals surface area contributed by atoms with Gasteiger partial charge in [0.05, 0.1) is 10.7 Å². The van der Waals surface area contributed by atoms with Crippen molar-refractivity contribution < 1.29 is 0 Å². The summed E-state index contributed by atoms with van der Waals surface area (Å²) in [4.78, 5) is 6.49. The molecular formula is C14H15ClN4. The summed E-state index contributed by atoms with van der Waals surface area (Å²) in [5.41, 5.74) is 3.18. The summed E-state index contributed by atoms with van der Waals surface area (Å²) in [5, 5.41) is 4.11. The summed E-state index contributed by atoms with van der Waals surface area (Å²) < 4.78 is 1.92. The summed E-state index contributed by atoms with van der Waals surface area (Å²) in [6.07, 6.45) is 11.8. The highest BCUT2D eigenvalue weighted by atomic mass is 35.5. The first-order valence-electron chi connectivity index (χ1n) is 6.15. The van der Waals surface area contributed by atoms with Gasteiger partial charge < -0.3 is 14.6 Å². The van der Waals surface area contributed by atoms with Crippen molar-refractivity contribution in [3.8, 4) is 0 Å². The van der Waals surface area contributed by atoms with Crippen LogP contribution in [0.2, 0.25) is 5.02 Å². The number of allylic oxidation sites excluding steroid dienone is 2. The van der Waals surface area contributed by atoms with E-state index in [0.29, 0.717) is 5.02 Å². The highest BCUT2D eigenvalue weighted by Crippen LogP contribution is 2.21. The van der Waals surface area contributed by atoms with E-state index < -0.39 is 0 Å². The van der Waals surface area contributed by atoms with E-state index in [1.807, 2.05) is 22.9 Å². The highest BCUT2D eigenvalue weighted by Gasteiger charge is 2.07. The van der Waals surface area contributed by atoms with Crippen LogP contribution in [-0.2, 0) is 0 Å². The van der Waals surface area contributed by atoms with E-state index in [-0.39, 0.29) is 0 Å². The number of pyridine rings is 1. The fraction of sp³-hybridized carbons (Fsp3) is 0.214. The van der Waals surface area contributed by atoms with Crippen molar-refractivity contribution in [1.82, 2.24) is 14.3 Å². The molecule has 2 aromatic rings. The number of nitrogens with one attached hydrogen (secondary N) is 1. The molecule has 0 atom stereocenters. The fourth-order valence-electron chi connectivity index (χ4n) is 2.20. The van der Waals surface area contributed by atoms with Crippen LogP contribution in [0, 0.1) is 0 Å². The molecule has 0 spiro atoms. The second kappa shape index (κ2) is 4.97. The van der Waals surface area contributed by atoms with Crippen LogP contribution in [0.15, 0.2) is 48.6 Å². The Bertz CT molecular complexity index is 657. The molecule has 0 fully saturated rings. The van der Waals surface area contributed by atoms with Crippen LogP contribution in [-0.4, -0.2) is 34.4 Å². The molecule has 0 bridgehead atoms. The molecule has 5 heteroatoms. The summed E-state index contributed by atoms with van der Waals surface area (Å²) in [5.74, 6) is 0. The molecule has 0 aromatic carbocycles. The first-order chi connectivity index (χ1) is 9.22. The molecule has 19 heavy (non-hydrogen) atoms. The van der Waals surface area contributed by atoms with E-state index in [1.54, 1.807) is 6.20 Å². The van der Waals surface area contributed by atoms with Gasteiger partial charge in [0.2, 0.25) is 0 Å². The Morgan fingerprint density at radius 3 is 3.21 bits per heavy atom. The lowest BCUT2D eigenvalue weighted by atomic mass is 10.2. The first-order valence-corrected chi connectivity index (χ1v) is 6.53. The summed E-state index contributed by atoms with van der Waals surface area (Å²) in [6, 6.07) is 1.91. The maximum atomic E-state index is 6.10. The zero-order valence-electron chi connectivity index (χ0n) is 10.7. The molecule has 0 amide bonds. The van der Waals surface area contributed by atoms with Crippen molar-refractivity contribution in [3.05, 3.63) is 53.6 Å². The molecule has 0 saturated carbocycles. The van der Waals surface area contributed by atoms with Crippen LogP contribution >= 0.6 is 11.6 Å². The van der Waals surface area contributed by atoms with Gasteiger partial charge in [-0.1, -0.05) is 17.7 Å². The number of fused-ring (bicyclic) bond motifs is 1. The maximum absolute atomic E-state index is 6.10. The molecule has 0 saturated heterocycles. The van der Waals surface area contributed by atoms with E-state index in [1.165, 1.54) is 5.57 Å². The lowest BCUT2D eigenvalue weighted by molar-refractivity contribution is 0.489. The van der Waals surface area contributed by atoms with Gasteiger partial charge in [-0.25, -0.2) is 4.98 Å². The molecule has 1 aliphatic heterocycles. The van der Waals surface area contributed by atoms with Gasteiger partial charge in [0, 0.05) is 38.7 Å². The third-order valence-corrected chi connectivity index (χ3v) is 3.29. The third kappa shape index (κ3) is 2.58. The van der Waals surface area contributed by atoms with Crippen molar-refractivity contribution >= 4 is 22.9 Å². The average molecular weight is 275 g/mol. The van der Waals surface area contributed by atoms with Crippen LogP contribution < -0.4 is 5.32 Å². The zero-order valence-corrected chi connectivity index (χ0v) is 11.4. The zero-order chi connectivity index (χ0) is 13.2. The maximum Gasteiger partial charge on any atom is 0.160 e. The number of imidazole rings is 1. The van der Waals surface area contributed by atoms with Crippen molar-refractivity contribution in [2.45, 2.75) is 0 Å². The molecule has 0 aliphatic carbocycles. The van der Waals surface area contributed by atoms with Crippen LogP contribution in [0.4, 0.5) is 5.69 Å². The van der Waals surface area contributed by atoms with Gasteiger partial charge in [0.1, 0.15) is 0 Å². The Morgan fingerprint density at radius 1 is 1.47 bits per heavy atom. The Balaban J connectivity index is 1.80. The molecular weight excluding hydrogens is 260 g/mol. The Morgan fingerprint density at radius 2 is 2.37 bits per heavy atom. The fourth-order valence-corrected chi connectivity index (χ4v) is 2.42. The van der Waals surface area contributed by atoms with Gasteiger partial charge in [0.15, 0.2) is 5.65 Å². The van der Waals surface area contributed by atoms with Gasteiger partial charge in [-0.15, -0.1) is 0 Å². The van der Waals surface area contributed by atoms with Crippen molar-refractivity contribution in [2.75, 3.05) is 25.5 Å². The van der Waals surface area contributed by atoms with E-state index >= 15 is 0 Å². The monoisotopic (exact) mass is 274 g/mol. The predicted octanol–water partition coefficient (Wildman–Crippen LogP) is 2.79. The second-order valence-electron chi connectivity index (χ2n) is 4.67. The van der Waals surface area contributed by atoms with Gasteiger partial charge in [-0.2, -0.15) is 0 Å². The van der Waals surface area contributed by atoms with Crippen LogP contribution in [0.3, 0.4) is 0 Å². The Labute approximate surface area is 117 Å². The lowest BCUT2D eigenvalue weighted by Crippen LogP contribution is -2.21. The van der Waals surface area contributed by atoms with Crippen LogP contribution in [0.5, 0.6) is 0 Å². The van der Waals surface area contributed by atoms with E-state index in [2.05, 4.69) is 40.6 Å². The summed E-state index contributed by atoms with van der Waals surface area (Å²) in [7, 11) is 2.07. The number of aromatic nitrogens is 2. The van der Waals surface area contributed by atoms with Gasteiger partial charge in [0.25, 0.3) is 0 Å². The van der Waals surface area contributed by atoms with Gasteiger partial charge >= 0.3 is 0 Å². The highest BCUT2D eigenvalue weighted by molar-refractivity contribution is 6.30. The molecule has 98 valence electrons.